The van der Waals surface area contributed by atoms with E-state index in [1.54, 1.807) is 0 Å². The van der Waals surface area contributed by atoms with Gasteiger partial charge in [0.05, 0.1) is 6.04 Å². The molecule has 1 heterocycles. The average Bonchev–Trinajstić information content (AvgIpc) is 2.99. The summed E-state index contributed by atoms with van der Waals surface area (Å²) in [7, 11) is 0. The molecule has 0 bridgehead atoms. The number of benzene rings is 2. The maximum atomic E-state index is 12.8. The van der Waals surface area contributed by atoms with Crippen LogP contribution in [0, 0.1) is 13.8 Å². The normalized spacial score (nSPS) is 18.0. The second-order valence-corrected chi connectivity index (χ2v) is 5.87. The summed E-state index contributed by atoms with van der Waals surface area (Å²) in [5, 5.41) is 0. The Morgan fingerprint density at radius 2 is 1.81 bits per heavy atom. The van der Waals surface area contributed by atoms with Crippen molar-refractivity contribution in [2.75, 3.05) is 6.54 Å². The number of likely N-dealkylation sites (tertiary alicyclic amines) is 1. The van der Waals surface area contributed by atoms with Crippen LogP contribution in [0.15, 0.2) is 48.5 Å². The van der Waals surface area contributed by atoms with E-state index in [2.05, 4.69) is 26.0 Å². The van der Waals surface area contributed by atoms with E-state index < -0.39 is 0 Å². The summed E-state index contributed by atoms with van der Waals surface area (Å²) in [6, 6.07) is 16.6. The zero-order chi connectivity index (χ0) is 14.8. The number of amides is 1. The summed E-state index contributed by atoms with van der Waals surface area (Å²) in [5.74, 6) is 0.157. The molecule has 0 unspecified atom stereocenters. The van der Waals surface area contributed by atoms with Crippen molar-refractivity contribution in [2.24, 2.45) is 0 Å². The molecule has 2 heteroatoms. The molecular weight excluding hydrogens is 258 g/mol. The van der Waals surface area contributed by atoms with Gasteiger partial charge in [0.1, 0.15) is 0 Å². The highest BCUT2D eigenvalue weighted by Gasteiger charge is 2.30. The Balaban J connectivity index is 1.88. The molecule has 0 spiro atoms. The highest BCUT2D eigenvalue weighted by atomic mass is 16.2. The molecule has 1 fully saturated rings. The third-order valence-electron chi connectivity index (χ3n) is 4.45. The number of aryl methyl sites for hydroxylation is 2. The third-order valence-corrected chi connectivity index (χ3v) is 4.45. The van der Waals surface area contributed by atoms with E-state index in [1.165, 1.54) is 16.7 Å². The molecule has 0 N–H and O–H groups in total. The first-order valence-electron chi connectivity index (χ1n) is 7.60. The van der Waals surface area contributed by atoms with Crippen LogP contribution in [0.5, 0.6) is 0 Å². The van der Waals surface area contributed by atoms with Crippen molar-refractivity contribution in [1.29, 1.82) is 0 Å². The molecule has 2 aromatic rings. The van der Waals surface area contributed by atoms with Gasteiger partial charge in [-0.25, -0.2) is 0 Å². The van der Waals surface area contributed by atoms with Gasteiger partial charge >= 0.3 is 0 Å². The predicted molar refractivity (Wildman–Crippen MR) is 85.4 cm³/mol. The zero-order valence-corrected chi connectivity index (χ0v) is 12.7. The minimum atomic E-state index is 0.157. The van der Waals surface area contributed by atoms with E-state index >= 15 is 0 Å². The summed E-state index contributed by atoms with van der Waals surface area (Å²) < 4.78 is 0. The summed E-state index contributed by atoms with van der Waals surface area (Å²) in [4.78, 5) is 14.8. The summed E-state index contributed by atoms with van der Waals surface area (Å²) in [5.41, 5.74) is 4.46. The summed E-state index contributed by atoms with van der Waals surface area (Å²) >= 11 is 0. The van der Waals surface area contributed by atoms with Crippen LogP contribution < -0.4 is 0 Å². The van der Waals surface area contributed by atoms with Gasteiger partial charge in [0, 0.05) is 12.1 Å². The molecule has 1 saturated heterocycles. The summed E-state index contributed by atoms with van der Waals surface area (Å²) in [6.45, 7) is 4.99. The molecule has 0 radical (unpaired) electrons. The first-order chi connectivity index (χ1) is 10.2. The number of rotatable bonds is 2. The number of carbonyl (C=O) groups is 1. The van der Waals surface area contributed by atoms with Crippen LogP contribution in [0.4, 0.5) is 0 Å². The third kappa shape index (κ3) is 2.71. The Morgan fingerprint density at radius 3 is 2.52 bits per heavy atom. The fraction of sp³-hybridized carbons (Fsp3) is 0.316. The van der Waals surface area contributed by atoms with Crippen LogP contribution in [0.25, 0.3) is 0 Å². The lowest BCUT2D eigenvalue weighted by Crippen LogP contribution is -2.30. The van der Waals surface area contributed by atoms with Crippen molar-refractivity contribution in [3.8, 4) is 0 Å². The lowest BCUT2D eigenvalue weighted by Gasteiger charge is -2.25. The maximum Gasteiger partial charge on any atom is 0.254 e. The van der Waals surface area contributed by atoms with E-state index in [1.807, 2.05) is 41.3 Å². The van der Waals surface area contributed by atoms with Crippen molar-refractivity contribution >= 4 is 5.91 Å². The molecule has 0 saturated carbocycles. The SMILES string of the molecule is Cc1ccc(C(=O)N2CCC[C@H]2c2ccccc2)cc1C. The van der Waals surface area contributed by atoms with Crippen molar-refractivity contribution < 1.29 is 4.79 Å². The average molecular weight is 279 g/mol. The Kier molecular flexibility index (Phi) is 3.78. The smallest absolute Gasteiger partial charge is 0.254 e. The Hall–Kier alpha value is -2.09. The first kappa shape index (κ1) is 13.9. The van der Waals surface area contributed by atoms with Gasteiger partial charge in [0.2, 0.25) is 0 Å². The van der Waals surface area contributed by atoms with Gasteiger partial charge in [-0.1, -0.05) is 36.4 Å². The molecule has 1 aliphatic heterocycles. The molecule has 1 amide bonds. The lowest BCUT2D eigenvalue weighted by atomic mass is 10.0. The fourth-order valence-electron chi connectivity index (χ4n) is 3.07. The quantitative estimate of drug-likeness (QED) is 0.803. The van der Waals surface area contributed by atoms with Crippen LogP contribution in [0.2, 0.25) is 0 Å². The van der Waals surface area contributed by atoms with Gasteiger partial charge in [-0.15, -0.1) is 0 Å². The van der Waals surface area contributed by atoms with Gasteiger partial charge in [-0.3, -0.25) is 4.79 Å². The fourth-order valence-corrected chi connectivity index (χ4v) is 3.07. The summed E-state index contributed by atoms with van der Waals surface area (Å²) in [6.07, 6.45) is 2.14. The van der Waals surface area contributed by atoms with E-state index in [0.717, 1.165) is 24.9 Å². The van der Waals surface area contributed by atoms with Gasteiger partial charge in [-0.05, 0) is 55.5 Å². The first-order valence-corrected chi connectivity index (χ1v) is 7.60. The van der Waals surface area contributed by atoms with E-state index in [4.69, 9.17) is 0 Å². The molecule has 1 atom stereocenters. The Morgan fingerprint density at radius 1 is 1.05 bits per heavy atom. The monoisotopic (exact) mass is 279 g/mol. The van der Waals surface area contributed by atoms with E-state index in [9.17, 15) is 4.79 Å². The second-order valence-electron chi connectivity index (χ2n) is 5.87. The second kappa shape index (κ2) is 5.72. The van der Waals surface area contributed by atoms with E-state index in [0.29, 0.717) is 0 Å². The maximum absolute atomic E-state index is 12.8. The van der Waals surface area contributed by atoms with Crippen LogP contribution in [0.3, 0.4) is 0 Å². The molecule has 1 aliphatic rings. The van der Waals surface area contributed by atoms with Crippen molar-refractivity contribution in [2.45, 2.75) is 32.7 Å². The van der Waals surface area contributed by atoms with Crippen LogP contribution in [-0.2, 0) is 0 Å². The number of hydrogen-bond donors (Lipinski definition) is 0. The Labute approximate surface area is 126 Å². The van der Waals surface area contributed by atoms with Crippen molar-refractivity contribution in [3.05, 3.63) is 70.8 Å². The van der Waals surface area contributed by atoms with Gasteiger partial charge in [0.25, 0.3) is 5.91 Å². The van der Waals surface area contributed by atoms with Crippen LogP contribution in [0.1, 0.15) is 45.9 Å². The topological polar surface area (TPSA) is 20.3 Å². The number of carbonyl (C=O) groups excluding carboxylic acids is 1. The van der Waals surface area contributed by atoms with Gasteiger partial charge in [-0.2, -0.15) is 0 Å². The number of nitrogens with zero attached hydrogens (tertiary/aromatic N) is 1. The molecule has 0 aromatic heterocycles. The number of hydrogen-bond acceptors (Lipinski definition) is 1. The molecule has 0 aliphatic carbocycles. The molecule has 21 heavy (non-hydrogen) atoms. The van der Waals surface area contributed by atoms with Crippen LogP contribution in [-0.4, -0.2) is 17.4 Å². The molecule has 3 rings (SSSR count). The molecule has 108 valence electrons. The predicted octanol–water partition coefficient (Wildman–Crippen LogP) is 4.28. The molecule has 2 aromatic carbocycles. The highest BCUT2D eigenvalue weighted by Crippen LogP contribution is 2.33. The molecule has 2 nitrogen and oxygen atoms in total. The van der Waals surface area contributed by atoms with Crippen LogP contribution >= 0.6 is 0 Å². The minimum Gasteiger partial charge on any atom is -0.332 e. The lowest BCUT2D eigenvalue weighted by molar-refractivity contribution is 0.0735. The standard InChI is InChI=1S/C19H21NO/c1-14-10-11-17(13-15(14)2)19(21)20-12-6-9-18(20)16-7-4-3-5-8-16/h3-5,7-8,10-11,13,18H,6,9,12H2,1-2H3/t18-/m0/s1. The zero-order valence-electron chi connectivity index (χ0n) is 12.7. The van der Waals surface area contributed by atoms with Crippen molar-refractivity contribution in [1.82, 2.24) is 4.90 Å². The molecular formula is C19H21NO. The highest BCUT2D eigenvalue weighted by molar-refractivity contribution is 5.95. The Bertz CT molecular complexity index is 648. The van der Waals surface area contributed by atoms with Crippen molar-refractivity contribution in [3.63, 3.8) is 0 Å². The largest absolute Gasteiger partial charge is 0.332 e. The van der Waals surface area contributed by atoms with Gasteiger partial charge in [0.15, 0.2) is 0 Å². The van der Waals surface area contributed by atoms with Gasteiger partial charge < -0.3 is 4.90 Å². The van der Waals surface area contributed by atoms with E-state index in [-0.39, 0.29) is 11.9 Å². The minimum absolute atomic E-state index is 0.157.